The van der Waals surface area contributed by atoms with Gasteiger partial charge in [-0.3, -0.25) is 14.4 Å². The zero-order chi connectivity index (χ0) is 21.7. The number of para-hydroxylation sites is 2. The smallest absolute Gasteiger partial charge is 0.266 e. The number of hydroxylamine groups is 1. The first-order chi connectivity index (χ1) is 15.0. The fourth-order valence-electron chi connectivity index (χ4n) is 4.32. The standard InChI is InChI=1S/C24H18Cl2N2O3/c1-14-7-5-6-10-19(14)27-23(29)20-21(17-12-11-15(25)13-18(17)26)28(31-22(20)24(27)30)16-8-3-2-4-9-16/h2-13,20-22H,1H3/t20-,21-,22-/m0/s1. The van der Waals surface area contributed by atoms with E-state index in [1.165, 1.54) is 4.90 Å². The highest BCUT2D eigenvalue weighted by atomic mass is 35.5. The number of hydrogen-bond donors (Lipinski definition) is 0. The highest BCUT2D eigenvalue weighted by molar-refractivity contribution is 6.35. The van der Waals surface area contributed by atoms with Gasteiger partial charge < -0.3 is 0 Å². The molecule has 0 unspecified atom stereocenters. The molecule has 7 heteroatoms. The first-order valence-electron chi connectivity index (χ1n) is 9.87. The second-order valence-electron chi connectivity index (χ2n) is 7.62. The molecular weight excluding hydrogens is 435 g/mol. The quantitative estimate of drug-likeness (QED) is 0.502. The topological polar surface area (TPSA) is 49.9 Å². The van der Waals surface area contributed by atoms with E-state index in [1.54, 1.807) is 29.3 Å². The summed E-state index contributed by atoms with van der Waals surface area (Å²) in [6, 6.07) is 21.2. The van der Waals surface area contributed by atoms with E-state index in [9.17, 15) is 9.59 Å². The van der Waals surface area contributed by atoms with Gasteiger partial charge in [0.1, 0.15) is 5.92 Å². The number of hydrogen-bond acceptors (Lipinski definition) is 4. The minimum absolute atomic E-state index is 0.307. The van der Waals surface area contributed by atoms with Crippen LogP contribution in [-0.2, 0) is 14.4 Å². The fourth-order valence-corrected chi connectivity index (χ4v) is 4.84. The molecule has 5 rings (SSSR count). The summed E-state index contributed by atoms with van der Waals surface area (Å²) < 4.78 is 0. The van der Waals surface area contributed by atoms with Crippen molar-refractivity contribution in [1.82, 2.24) is 0 Å². The average Bonchev–Trinajstić information content (AvgIpc) is 3.26. The van der Waals surface area contributed by atoms with Gasteiger partial charge in [0.05, 0.1) is 17.4 Å². The first-order valence-corrected chi connectivity index (χ1v) is 10.6. The lowest BCUT2D eigenvalue weighted by molar-refractivity contribution is -0.126. The fraction of sp³-hybridized carbons (Fsp3) is 0.167. The molecule has 0 bridgehead atoms. The maximum atomic E-state index is 13.6. The van der Waals surface area contributed by atoms with Crippen LogP contribution in [0.3, 0.4) is 0 Å². The third-order valence-corrected chi connectivity index (χ3v) is 6.33. The predicted molar refractivity (Wildman–Crippen MR) is 120 cm³/mol. The zero-order valence-corrected chi connectivity index (χ0v) is 18.0. The molecular formula is C24H18Cl2N2O3. The first kappa shape index (κ1) is 20.1. The number of halogens is 2. The maximum absolute atomic E-state index is 13.6. The Balaban J connectivity index is 1.63. The largest absolute Gasteiger partial charge is 0.273 e. The van der Waals surface area contributed by atoms with E-state index in [0.29, 0.717) is 21.3 Å². The molecule has 31 heavy (non-hydrogen) atoms. The molecule has 0 spiro atoms. The molecule has 2 amide bonds. The van der Waals surface area contributed by atoms with Crippen LogP contribution in [0.2, 0.25) is 10.0 Å². The molecule has 0 aliphatic carbocycles. The lowest BCUT2D eigenvalue weighted by Gasteiger charge is -2.29. The molecule has 2 aliphatic rings. The van der Waals surface area contributed by atoms with Crippen LogP contribution >= 0.6 is 23.2 Å². The number of fused-ring (bicyclic) bond motifs is 1. The number of amides is 2. The van der Waals surface area contributed by atoms with Crippen molar-refractivity contribution in [3.05, 3.63) is 94.0 Å². The van der Waals surface area contributed by atoms with E-state index in [-0.39, 0.29) is 11.8 Å². The third-order valence-electron chi connectivity index (χ3n) is 5.76. The van der Waals surface area contributed by atoms with Gasteiger partial charge in [0.25, 0.3) is 5.91 Å². The molecule has 3 aromatic rings. The normalized spacial score (nSPS) is 22.9. The van der Waals surface area contributed by atoms with Gasteiger partial charge in [-0.05, 0) is 48.4 Å². The molecule has 0 aromatic heterocycles. The average molecular weight is 453 g/mol. The van der Waals surface area contributed by atoms with Crippen molar-refractivity contribution in [3.63, 3.8) is 0 Å². The molecule has 0 radical (unpaired) electrons. The van der Waals surface area contributed by atoms with E-state index in [0.717, 1.165) is 11.3 Å². The van der Waals surface area contributed by atoms with Gasteiger partial charge in [-0.1, -0.05) is 65.7 Å². The van der Waals surface area contributed by atoms with Gasteiger partial charge >= 0.3 is 0 Å². The SMILES string of the molecule is Cc1ccccc1N1C(=O)[C@@H]2[C@H](ON(c3ccccc3)[C@H]2c2ccc(Cl)cc2Cl)C1=O. The summed E-state index contributed by atoms with van der Waals surface area (Å²) in [5.41, 5.74) is 2.82. The van der Waals surface area contributed by atoms with Gasteiger partial charge in [0, 0.05) is 10.0 Å². The van der Waals surface area contributed by atoms with Crippen molar-refractivity contribution in [2.75, 3.05) is 9.96 Å². The van der Waals surface area contributed by atoms with E-state index in [4.69, 9.17) is 28.0 Å². The second kappa shape index (κ2) is 7.68. The van der Waals surface area contributed by atoms with Gasteiger partial charge in [0.15, 0.2) is 6.10 Å². The van der Waals surface area contributed by atoms with E-state index in [2.05, 4.69) is 0 Å². The lowest BCUT2D eigenvalue weighted by atomic mass is 9.90. The van der Waals surface area contributed by atoms with Gasteiger partial charge in [0.2, 0.25) is 5.91 Å². The highest BCUT2D eigenvalue weighted by Gasteiger charge is 2.60. The summed E-state index contributed by atoms with van der Waals surface area (Å²) in [6.45, 7) is 1.87. The predicted octanol–water partition coefficient (Wildman–Crippen LogP) is 5.35. The van der Waals surface area contributed by atoms with E-state index >= 15 is 0 Å². The molecule has 3 atom stereocenters. The van der Waals surface area contributed by atoms with Crippen molar-refractivity contribution >= 4 is 46.4 Å². The summed E-state index contributed by atoms with van der Waals surface area (Å²) in [5, 5.41) is 2.53. The second-order valence-corrected chi connectivity index (χ2v) is 8.47. The van der Waals surface area contributed by atoms with Crippen LogP contribution in [0.1, 0.15) is 17.2 Å². The molecule has 2 aliphatic heterocycles. The van der Waals surface area contributed by atoms with Crippen LogP contribution in [-0.4, -0.2) is 17.9 Å². The Morgan fingerprint density at radius 1 is 0.871 bits per heavy atom. The Morgan fingerprint density at radius 3 is 2.29 bits per heavy atom. The monoisotopic (exact) mass is 452 g/mol. The van der Waals surface area contributed by atoms with Crippen molar-refractivity contribution in [1.29, 1.82) is 0 Å². The summed E-state index contributed by atoms with van der Waals surface area (Å²) in [5.74, 6) is -1.43. The van der Waals surface area contributed by atoms with Crippen LogP contribution in [0.4, 0.5) is 11.4 Å². The lowest BCUT2D eigenvalue weighted by Crippen LogP contribution is -2.37. The molecule has 156 valence electrons. The van der Waals surface area contributed by atoms with E-state index < -0.39 is 18.1 Å². The summed E-state index contributed by atoms with van der Waals surface area (Å²) in [7, 11) is 0. The number of carbonyl (C=O) groups excluding carboxylic acids is 2. The summed E-state index contributed by atoms with van der Waals surface area (Å²) >= 11 is 12.6. The molecule has 0 N–H and O–H groups in total. The van der Waals surface area contributed by atoms with Gasteiger partial charge in [-0.15, -0.1) is 0 Å². The highest BCUT2D eigenvalue weighted by Crippen LogP contribution is 2.49. The third kappa shape index (κ3) is 3.21. The molecule has 3 aromatic carbocycles. The van der Waals surface area contributed by atoms with Crippen LogP contribution < -0.4 is 9.96 Å². The Morgan fingerprint density at radius 2 is 1.58 bits per heavy atom. The Hall–Kier alpha value is -2.86. The molecule has 2 fully saturated rings. The Bertz CT molecular complexity index is 1180. The molecule has 2 heterocycles. The Labute approximate surface area is 189 Å². The number of benzene rings is 3. The van der Waals surface area contributed by atoms with Crippen molar-refractivity contribution in [2.45, 2.75) is 19.1 Å². The van der Waals surface area contributed by atoms with E-state index in [1.807, 2.05) is 55.5 Å². The number of carbonyl (C=O) groups is 2. The van der Waals surface area contributed by atoms with Gasteiger partial charge in [-0.2, -0.15) is 0 Å². The Kier molecular flexibility index (Phi) is 4.97. The maximum Gasteiger partial charge on any atom is 0.266 e. The van der Waals surface area contributed by atoms with Gasteiger partial charge in [-0.25, -0.2) is 9.96 Å². The van der Waals surface area contributed by atoms with Crippen molar-refractivity contribution < 1.29 is 14.4 Å². The van der Waals surface area contributed by atoms with Crippen LogP contribution in [0.25, 0.3) is 0 Å². The van der Waals surface area contributed by atoms with Crippen LogP contribution in [0, 0.1) is 12.8 Å². The summed E-state index contributed by atoms with van der Waals surface area (Å²) in [6.07, 6.45) is -0.941. The summed E-state index contributed by atoms with van der Waals surface area (Å²) in [4.78, 5) is 34.3. The molecule has 2 saturated heterocycles. The number of aryl methyl sites for hydroxylation is 1. The number of nitrogens with zero attached hydrogens (tertiary/aromatic N) is 2. The molecule has 5 nitrogen and oxygen atoms in total. The minimum atomic E-state index is -0.941. The van der Waals surface area contributed by atoms with Crippen molar-refractivity contribution in [3.8, 4) is 0 Å². The zero-order valence-electron chi connectivity index (χ0n) is 16.5. The minimum Gasteiger partial charge on any atom is -0.273 e. The molecule has 0 saturated carbocycles. The van der Waals surface area contributed by atoms with Crippen LogP contribution in [0.15, 0.2) is 72.8 Å². The number of imide groups is 1. The number of rotatable bonds is 3. The van der Waals surface area contributed by atoms with Crippen LogP contribution in [0.5, 0.6) is 0 Å². The van der Waals surface area contributed by atoms with Crippen molar-refractivity contribution in [2.24, 2.45) is 5.92 Å². The number of anilines is 2.